The molecule has 0 saturated heterocycles. The molecule has 0 rings (SSSR count). The van der Waals surface area contributed by atoms with Crippen LogP contribution in [0.2, 0.25) is 0 Å². The molecule has 0 fully saturated rings. The molecule has 5 heteroatoms. The summed E-state index contributed by atoms with van der Waals surface area (Å²) in [6.45, 7) is 2.04. The van der Waals surface area contributed by atoms with E-state index in [1.165, 1.54) is 6.26 Å². The van der Waals surface area contributed by atoms with Gasteiger partial charge in [0, 0.05) is 25.2 Å². The molecule has 2 unspecified atom stereocenters. The maximum absolute atomic E-state index is 11.0. The van der Waals surface area contributed by atoms with Crippen LogP contribution in [0.4, 0.5) is 0 Å². The number of rotatable bonds is 9. The van der Waals surface area contributed by atoms with Crippen molar-refractivity contribution in [1.82, 2.24) is 5.32 Å². The van der Waals surface area contributed by atoms with Gasteiger partial charge in [-0.05, 0) is 39.7 Å². The zero-order chi connectivity index (χ0) is 12.6. The normalized spacial score (nSPS) is 16.0. The number of methoxy groups -OCH3 is 1. The van der Waals surface area contributed by atoms with Gasteiger partial charge in [-0.3, -0.25) is 0 Å². The third-order valence-corrected chi connectivity index (χ3v) is 3.83. The minimum Gasteiger partial charge on any atom is -0.382 e. The van der Waals surface area contributed by atoms with Crippen LogP contribution in [0.3, 0.4) is 0 Å². The highest BCUT2D eigenvalue weighted by molar-refractivity contribution is 7.90. The van der Waals surface area contributed by atoms with Crippen LogP contribution in [0.5, 0.6) is 0 Å². The van der Waals surface area contributed by atoms with Crippen LogP contribution in [0.25, 0.3) is 0 Å². The molecule has 0 amide bonds. The Labute approximate surface area is 99.7 Å². The van der Waals surface area contributed by atoms with Gasteiger partial charge in [-0.25, -0.2) is 8.42 Å². The molecular weight excluding hydrogens is 226 g/mol. The molecule has 0 aromatic rings. The quantitative estimate of drug-likeness (QED) is 0.669. The first-order chi connectivity index (χ1) is 7.39. The van der Waals surface area contributed by atoms with Crippen molar-refractivity contribution in [2.24, 2.45) is 0 Å². The molecule has 0 bridgehead atoms. The third kappa shape index (κ3) is 9.12. The van der Waals surface area contributed by atoms with Crippen molar-refractivity contribution in [3.63, 3.8) is 0 Å². The van der Waals surface area contributed by atoms with Crippen molar-refractivity contribution in [2.45, 2.75) is 44.8 Å². The van der Waals surface area contributed by atoms with Crippen molar-refractivity contribution in [1.29, 1.82) is 0 Å². The Morgan fingerprint density at radius 3 is 2.31 bits per heavy atom. The van der Waals surface area contributed by atoms with Gasteiger partial charge in [0.1, 0.15) is 9.84 Å². The summed E-state index contributed by atoms with van der Waals surface area (Å²) in [5.41, 5.74) is 0. The van der Waals surface area contributed by atoms with Gasteiger partial charge in [-0.15, -0.1) is 0 Å². The highest BCUT2D eigenvalue weighted by Crippen LogP contribution is 2.09. The lowest BCUT2D eigenvalue weighted by atomic mass is 10.0. The summed E-state index contributed by atoms with van der Waals surface area (Å²) >= 11 is 0. The third-order valence-electron chi connectivity index (χ3n) is 2.80. The van der Waals surface area contributed by atoms with Crippen LogP contribution in [-0.4, -0.2) is 46.7 Å². The van der Waals surface area contributed by atoms with E-state index in [-0.39, 0.29) is 11.9 Å². The molecule has 0 saturated carbocycles. The topological polar surface area (TPSA) is 55.4 Å². The molecule has 0 aliphatic carbocycles. The van der Waals surface area contributed by atoms with E-state index in [0.717, 1.165) is 25.7 Å². The molecule has 0 aliphatic heterocycles. The van der Waals surface area contributed by atoms with Crippen molar-refractivity contribution in [3.05, 3.63) is 0 Å². The number of hydrogen-bond acceptors (Lipinski definition) is 4. The number of ether oxygens (including phenoxy) is 1. The van der Waals surface area contributed by atoms with Crippen LogP contribution in [0.1, 0.15) is 32.6 Å². The van der Waals surface area contributed by atoms with Gasteiger partial charge in [-0.2, -0.15) is 0 Å². The summed E-state index contributed by atoms with van der Waals surface area (Å²) in [6.07, 6.45) is 5.21. The lowest BCUT2D eigenvalue weighted by Gasteiger charge is -2.17. The predicted molar refractivity (Wildman–Crippen MR) is 67.5 cm³/mol. The summed E-state index contributed by atoms with van der Waals surface area (Å²) in [5.74, 6) is 0.283. The Kier molecular flexibility index (Phi) is 7.97. The van der Waals surface area contributed by atoms with Gasteiger partial charge in [0.25, 0.3) is 0 Å². The molecule has 4 nitrogen and oxygen atoms in total. The molecule has 0 aliphatic rings. The monoisotopic (exact) mass is 251 g/mol. The first kappa shape index (κ1) is 15.9. The van der Waals surface area contributed by atoms with E-state index in [1.807, 2.05) is 14.0 Å². The second kappa shape index (κ2) is 8.03. The Hall–Kier alpha value is -0.130. The fourth-order valence-electron chi connectivity index (χ4n) is 1.58. The van der Waals surface area contributed by atoms with E-state index in [4.69, 9.17) is 4.74 Å². The largest absolute Gasteiger partial charge is 0.382 e. The van der Waals surface area contributed by atoms with E-state index in [9.17, 15) is 8.42 Å². The van der Waals surface area contributed by atoms with Crippen LogP contribution in [0, 0.1) is 0 Å². The minimum absolute atomic E-state index is 0.269. The number of sulfone groups is 1. The Morgan fingerprint density at radius 2 is 1.88 bits per heavy atom. The van der Waals surface area contributed by atoms with Crippen molar-refractivity contribution in [3.8, 4) is 0 Å². The van der Waals surface area contributed by atoms with Gasteiger partial charge in [-0.1, -0.05) is 0 Å². The SMILES string of the molecule is CNC(CCCS(C)(=O)=O)CCC(C)OC. The predicted octanol–water partition coefficient (Wildman–Crippen LogP) is 1.21. The van der Waals surface area contributed by atoms with Crippen molar-refractivity contribution >= 4 is 9.84 Å². The second-order valence-electron chi connectivity index (χ2n) is 4.38. The van der Waals surface area contributed by atoms with Gasteiger partial charge in [0.05, 0.1) is 6.10 Å². The van der Waals surface area contributed by atoms with Crippen LogP contribution in [-0.2, 0) is 14.6 Å². The summed E-state index contributed by atoms with van der Waals surface area (Å²) in [4.78, 5) is 0. The van der Waals surface area contributed by atoms with Crippen LogP contribution in [0.15, 0.2) is 0 Å². The highest BCUT2D eigenvalue weighted by atomic mass is 32.2. The van der Waals surface area contributed by atoms with E-state index < -0.39 is 9.84 Å². The molecule has 0 aromatic carbocycles. The van der Waals surface area contributed by atoms with E-state index in [0.29, 0.717) is 6.04 Å². The number of nitrogens with one attached hydrogen (secondary N) is 1. The highest BCUT2D eigenvalue weighted by Gasteiger charge is 2.10. The molecule has 0 radical (unpaired) electrons. The average Bonchev–Trinajstić information content (AvgIpc) is 2.20. The van der Waals surface area contributed by atoms with Crippen molar-refractivity contribution in [2.75, 3.05) is 26.2 Å². The Bertz CT molecular complexity index is 264. The van der Waals surface area contributed by atoms with Gasteiger partial charge >= 0.3 is 0 Å². The smallest absolute Gasteiger partial charge is 0.147 e. The van der Waals surface area contributed by atoms with Crippen molar-refractivity contribution < 1.29 is 13.2 Å². The van der Waals surface area contributed by atoms with E-state index >= 15 is 0 Å². The zero-order valence-electron chi connectivity index (χ0n) is 10.8. The molecule has 16 heavy (non-hydrogen) atoms. The molecular formula is C11H25NO3S. The molecule has 2 atom stereocenters. The minimum atomic E-state index is -2.82. The average molecular weight is 251 g/mol. The molecule has 0 heterocycles. The lowest BCUT2D eigenvalue weighted by Crippen LogP contribution is -2.27. The van der Waals surface area contributed by atoms with Gasteiger partial charge in [0.2, 0.25) is 0 Å². The second-order valence-corrected chi connectivity index (χ2v) is 6.64. The summed E-state index contributed by atoms with van der Waals surface area (Å²) in [7, 11) is 0.814. The van der Waals surface area contributed by atoms with Gasteiger partial charge in [0.15, 0.2) is 0 Å². The first-order valence-corrected chi connectivity index (χ1v) is 7.83. The van der Waals surface area contributed by atoms with Crippen LogP contribution >= 0.6 is 0 Å². The summed E-state index contributed by atoms with van der Waals surface area (Å²) in [6, 6.07) is 0.388. The Balaban J connectivity index is 3.75. The maximum Gasteiger partial charge on any atom is 0.147 e. The fourth-order valence-corrected chi connectivity index (χ4v) is 2.27. The molecule has 98 valence electrons. The summed E-state index contributed by atoms with van der Waals surface area (Å²) < 4.78 is 27.1. The van der Waals surface area contributed by atoms with Gasteiger partial charge < -0.3 is 10.1 Å². The van der Waals surface area contributed by atoms with E-state index in [1.54, 1.807) is 7.11 Å². The van der Waals surface area contributed by atoms with E-state index in [2.05, 4.69) is 5.32 Å². The molecule has 0 aromatic heterocycles. The molecule has 1 N–H and O–H groups in total. The Morgan fingerprint density at radius 1 is 1.25 bits per heavy atom. The lowest BCUT2D eigenvalue weighted by molar-refractivity contribution is 0.106. The number of hydrogen-bond donors (Lipinski definition) is 1. The molecule has 0 spiro atoms. The standard InChI is InChI=1S/C11H25NO3S/c1-10(15-3)7-8-11(12-2)6-5-9-16(4,13)14/h10-12H,5-9H2,1-4H3. The maximum atomic E-state index is 11.0. The van der Waals surface area contributed by atoms with Crippen LogP contribution < -0.4 is 5.32 Å². The summed E-state index contributed by atoms with van der Waals surface area (Å²) in [5, 5.41) is 3.22. The fraction of sp³-hybridized carbons (Fsp3) is 1.00. The first-order valence-electron chi connectivity index (χ1n) is 5.76. The zero-order valence-corrected chi connectivity index (χ0v) is 11.6.